The van der Waals surface area contributed by atoms with E-state index in [1.54, 1.807) is 7.11 Å². The molecule has 0 saturated carbocycles. The zero-order valence-electron chi connectivity index (χ0n) is 9.29. The van der Waals surface area contributed by atoms with Crippen molar-refractivity contribution >= 4 is 0 Å². The van der Waals surface area contributed by atoms with E-state index in [9.17, 15) is 0 Å². The highest BCUT2D eigenvalue weighted by molar-refractivity contribution is 5.65. The number of nitrogens with one attached hydrogen (secondary N) is 1. The normalized spacial score (nSPS) is 10.3. The first-order valence-electron chi connectivity index (χ1n) is 5.01. The molecule has 2 heteroatoms. The summed E-state index contributed by atoms with van der Waals surface area (Å²) < 4.78 is 5.13. The summed E-state index contributed by atoms with van der Waals surface area (Å²) in [4.78, 5) is 3.29. The minimum atomic E-state index is 0.889. The van der Waals surface area contributed by atoms with Gasteiger partial charge in [0.2, 0.25) is 0 Å². The van der Waals surface area contributed by atoms with E-state index >= 15 is 0 Å². The van der Waals surface area contributed by atoms with Crippen molar-refractivity contribution in [2.24, 2.45) is 0 Å². The first kappa shape index (κ1) is 9.84. The fourth-order valence-electron chi connectivity index (χ4n) is 1.65. The summed E-state index contributed by atoms with van der Waals surface area (Å²) in [5.41, 5.74) is 4.98. The highest BCUT2D eigenvalue weighted by atomic mass is 16.5. The fraction of sp³-hybridized carbons (Fsp3) is 0.231. The molecule has 1 aromatic carbocycles. The third-order valence-electron chi connectivity index (χ3n) is 2.78. The van der Waals surface area contributed by atoms with Crippen LogP contribution >= 0.6 is 0 Å². The molecule has 0 aliphatic carbocycles. The Hall–Kier alpha value is -1.70. The van der Waals surface area contributed by atoms with Crippen LogP contribution < -0.4 is 4.74 Å². The lowest BCUT2D eigenvalue weighted by Gasteiger charge is -2.03. The molecule has 0 saturated heterocycles. The van der Waals surface area contributed by atoms with Crippen LogP contribution in [0.1, 0.15) is 11.1 Å². The van der Waals surface area contributed by atoms with Crippen molar-refractivity contribution in [2.75, 3.05) is 7.11 Å². The number of hydrogen-bond donors (Lipinski definition) is 1. The van der Waals surface area contributed by atoms with Crippen molar-refractivity contribution in [3.05, 3.63) is 41.6 Å². The van der Waals surface area contributed by atoms with Gasteiger partial charge in [0.15, 0.2) is 0 Å². The van der Waals surface area contributed by atoms with Gasteiger partial charge in [0.05, 0.1) is 7.11 Å². The maximum absolute atomic E-state index is 5.13. The molecule has 0 unspecified atom stereocenters. The van der Waals surface area contributed by atoms with Crippen molar-refractivity contribution in [3.63, 3.8) is 0 Å². The number of rotatable bonds is 2. The van der Waals surface area contributed by atoms with Gasteiger partial charge in [-0.05, 0) is 54.8 Å². The van der Waals surface area contributed by atoms with Crippen LogP contribution in [-0.2, 0) is 0 Å². The molecule has 0 spiro atoms. The molecule has 0 radical (unpaired) electrons. The first-order valence-corrected chi connectivity index (χ1v) is 5.01. The number of aromatic amines is 1. The third kappa shape index (κ3) is 1.75. The molecule has 2 nitrogen and oxygen atoms in total. The van der Waals surface area contributed by atoms with Gasteiger partial charge in [-0.3, -0.25) is 0 Å². The summed E-state index contributed by atoms with van der Waals surface area (Å²) in [6, 6.07) is 8.09. The van der Waals surface area contributed by atoms with E-state index in [1.807, 2.05) is 18.3 Å². The molecule has 1 heterocycles. The average molecular weight is 201 g/mol. The van der Waals surface area contributed by atoms with Crippen molar-refractivity contribution in [1.82, 2.24) is 4.98 Å². The summed E-state index contributed by atoms with van der Waals surface area (Å²) in [6.07, 6.45) is 2.04. The van der Waals surface area contributed by atoms with Crippen LogP contribution in [0.25, 0.3) is 11.3 Å². The molecule has 0 fully saturated rings. The minimum Gasteiger partial charge on any atom is -0.497 e. The Balaban J connectivity index is 2.41. The Kier molecular flexibility index (Phi) is 2.50. The lowest BCUT2D eigenvalue weighted by atomic mass is 10.1. The topological polar surface area (TPSA) is 25.0 Å². The maximum Gasteiger partial charge on any atom is 0.118 e. The number of methoxy groups -OCH3 is 1. The van der Waals surface area contributed by atoms with Gasteiger partial charge in [-0.25, -0.2) is 0 Å². The van der Waals surface area contributed by atoms with E-state index in [1.165, 1.54) is 22.4 Å². The van der Waals surface area contributed by atoms with E-state index in [2.05, 4.69) is 31.0 Å². The Morgan fingerprint density at radius 1 is 1.07 bits per heavy atom. The third-order valence-corrected chi connectivity index (χ3v) is 2.78. The van der Waals surface area contributed by atoms with E-state index < -0.39 is 0 Å². The van der Waals surface area contributed by atoms with Gasteiger partial charge >= 0.3 is 0 Å². The van der Waals surface area contributed by atoms with Crippen molar-refractivity contribution < 1.29 is 4.74 Å². The molecule has 15 heavy (non-hydrogen) atoms. The quantitative estimate of drug-likeness (QED) is 0.792. The molecule has 2 rings (SSSR count). The van der Waals surface area contributed by atoms with Gasteiger partial charge in [-0.2, -0.15) is 0 Å². The van der Waals surface area contributed by atoms with Crippen LogP contribution in [0.5, 0.6) is 5.75 Å². The number of ether oxygens (including phenoxy) is 1. The maximum atomic E-state index is 5.13. The Bertz CT molecular complexity index is 454. The summed E-state index contributed by atoms with van der Waals surface area (Å²) in [5.74, 6) is 0.889. The molecule has 0 atom stereocenters. The second-order valence-electron chi connectivity index (χ2n) is 3.70. The molecule has 0 aliphatic heterocycles. The SMILES string of the molecule is COc1ccc(-c2[nH]cc(C)c2C)cc1. The monoisotopic (exact) mass is 201 g/mol. The fourth-order valence-corrected chi connectivity index (χ4v) is 1.65. The molecule has 2 aromatic rings. The van der Waals surface area contributed by atoms with E-state index in [0.29, 0.717) is 0 Å². The van der Waals surface area contributed by atoms with Crippen LogP contribution in [0.2, 0.25) is 0 Å². The van der Waals surface area contributed by atoms with Crippen molar-refractivity contribution in [2.45, 2.75) is 13.8 Å². The van der Waals surface area contributed by atoms with Crippen molar-refractivity contribution in [3.8, 4) is 17.0 Å². The summed E-state index contributed by atoms with van der Waals surface area (Å²) >= 11 is 0. The standard InChI is InChI=1S/C13H15NO/c1-9-8-14-13(10(9)2)11-4-6-12(15-3)7-5-11/h4-8,14H,1-3H3. The second kappa shape index (κ2) is 3.81. The number of aryl methyl sites for hydroxylation is 1. The molecule has 1 N–H and O–H groups in total. The second-order valence-corrected chi connectivity index (χ2v) is 3.70. The number of hydrogen-bond acceptors (Lipinski definition) is 1. The predicted octanol–water partition coefficient (Wildman–Crippen LogP) is 3.31. The zero-order valence-corrected chi connectivity index (χ0v) is 9.29. The van der Waals surface area contributed by atoms with Crippen LogP contribution in [-0.4, -0.2) is 12.1 Å². The Morgan fingerprint density at radius 3 is 2.20 bits per heavy atom. The average Bonchev–Trinajstić information content (AvgIpc) is 2.60. The van der Waals surface area contributed by atoms with E-state index in [-0.39, 0.29) is 0 Å². The van der Waals surface area contributed by atoms with Crippen LogP contribution in [0, 0.1) is 13.8 Å². The molecule has 1 aromatic heterocycles. The van der Waals surface area contributed by atoms with Gasteiger partial charge in [0, 0.05) is 11.9 Å². The molecular formula is C13H15NO. The lowest BCUT2D eigenvalue weighted by Crippen LogP contribution is -1.84. The van der Waals surface area contributed by atoms with Gasteiger partial charge in [0.25, 0.3) is 0 Å². The molecular weight excluding hydrogens is 186 g/mol. The molecule has 0 bridgehead atoms. The number of H-pyrrole nitrogens is 1. The van der Waals surface area contributed by atoms with Gasteiger partial charge in [-0.15, -0.1) is 0 Å². The van der Waals surface area contributed by atoms with Crippen LogP contribution in [0.4, 0.5) is 0 Å². The number of benzene rings is 1. The Morgan fingerprint density at radius 2 is 1.73 bits per heavy atom. The summed E-state index contributed by atoms with van der Waals surface area (Å²) in [6.45, 7) is 4.24. The van der Waals surface area contributed by atoms with Crippen LogP contribution in [0.3, 0.4) is 0 Å². The highest BCUT2D eigenvalue weighted by Gasteiger charge is 2.05. The highest BCUT2D eigenvalue weighted by Crippen LogP contribution is 2.25. The molecule has 0 amide bonds. The van der Waals surface area contributed by atoms with Gasteiger partial charge < -0.3 is 9.72 Å². The largest absolute Gasteiger partial charge is 0.497 e. The zero-order chi connectivity index (χ0) is 10.8. The molecule has 0 aliphatic rings. The van der Waals surface area contributed by atoms with Gasteiger partial charge in [0.1, 0.15) is 5.75 Å². The lowest BCUT2D eigenvalue weighted by molar-refractivity contribution is 0.415. The van der Waals surface area contributed by atoms with Crippen molar-refractivity contribution in [1.29, 1.82) is 0 Å². The predicted molar refractivity (Wildman–Crippen MR) is 62.3 cm³/mol. The van der Waals surface area contributed by atoms with E-state index in [4.69, 9.17) is 4.74 Å². The summed E-state index contributed by atoms with van der Waals surface area (Å²) in [7, 11) is 1.68. The van der Waals surface area contributed by atoms with E-state index in [0.717, 1.165) is 5.75 Å². The molecule has 78 valence electrons. The number of aromatic nitrogens is 1. The van der Waals surface area contributed by atoms with Crippen LogP contribution in [0.15, 0.2) is 30.5 Å². The summed E-state index contributed by atoms with van der Waals surface area (Å²) in [5, 5.41) is 0. The smallest absolute Gasteiger partial charge is 0.118 e. The van der Waals surface area contributed by atoms with Gasteiger partial charge in [-0.1, -0.05) is 0 Å². The Labute approximate surface area is 89.9 Å². The first-order chi connectivity index (χ1) is 7.22. The minimum absolute atomic E-state index is 0.889.